The maximum absolute atomic E-state index is 11.9. The molecule has 24 heavy (non-hydrogen) atoms. The largest absolute Gasteiger partial charge is 0.465 e. The number of methoxy groups -OCH3 is 1. The summed E-state index contributed by atoms with van der Waals surface area (Å²) in [7, 11) is 1.29. The lowest BCUT2D eigenvalue weighted by Crippen LogP contribution is -2.32. The van der Waals surface area contributed by atoms with Crippen molar-refractivity contribution in [1.29, 1.82) is 0 Å². The summed E-state index contributed by atoms with van der Waals surface area (Å²) in [6.45, 7) is -0.190. The first kappa shape index (κ1) is 17.5. The fraction of sp³-hybridized carbons (Fsp3) is 0.118. The van der Waals surface area contributed by atoms with Crippen LogP contribution in [0.4, 0.5) is 5.69 Å². The van der Waals surface area contributed by atoms with Gasteiger partial charge in [0.2, 0.25) is 5.91 Å². The minimum atomic E-state index is -0.457. The van der Waals surface area contributed by atoms with E-state index in [1.54, 1.807) is 30.3 Å². The van der Waals surface area contributed by atoms with Crippen LogP contribution in [-0.2, 0) is 9.53 Å². The lowest BCUT2D eigenvalue weighted by Gasteiger charge is -2.08. The maximum atomic E-state index is 11.9. The van der Waals surface area contributed by atoms with Crippen molar-refractivity contribution in [2.45, 2.75) is 0 Å². The van der Waals surface area contributed by atoms with Crippen molar-refractivity contribution in [1.82, 2.24) is 5.32 Å². The molecule has 2 N–H and O–H groups in total. The standard InChI is InChI=1S/C17H15ClN2O4/c1-24-17(23)11-5-7-14(8-6-11)20-15(21)10-19-16(22)12-3-2-4-13(18)9-12/h2-9H,10H2,1H3,(H,19,22)(H,20,21). The zero-order valence-corrected chi connectivity index (χ0v) is 13.6. The molecule has 0 heterocycles. The molecule has 0 aliphatic heterocycles. The molecule has 0 bridgehead atoms. The number of benzene rings is 2. The van der Waals surface area contributed by atoms with Crippen molar-refractivity contribution in [3.8, 4) is 0 Å². The van der Waals surface area contributed by atoms with Crippen LogP contribution in [0.3, 0.4) is 0 Å². The third kappa shape index (κ3) is 4.82. The molecule has 0 saturated carbocycles. The number of ether oxygens (including phenoxy) is 1. The lowest BCUT2D eigenvalue weighted by atomic mass is 10.2. The van der Waals surface area contributed by atoms with Crippen molar-refractivity contribution in [2.24, 2.45) is 0 Å². The van der Waals surface area contributed by atoms with Crippen LogP contribution in [0.25, 0.3) is 0 Å². The molecule has 0 unspecified atom stereocenters. The summed E-state index contributed by atoms with van der Waals surface area (Å²) in [6.07, 6.45) is 0. The number of rotatable bonds is 5. The molecule has 6 nitrogen and oxygen atoms in total. The van der Waals surface area contributed by atoms with Gasteiger partial charge >= 0.3 is 5.97 Å². The third-order valence-corrected chi connectivity index (χ3v) is 3.32. The molecule has 2 amide bonds. The normalized spacial score (nSPS) is 9.92. The Morgan fingerprint density at radius 1 is 1.04 bits per heavy atom. The van der Waals surface area contributed by atoms with Gasteiger partial charge in [-0.25, -0.2) is 4.79 Å². The molecule has 0 aliphatic carbocycles. The molecule has 0 atom stereocenters. The van der Waals surface area contributed by atoms with E-state index in [2.05, 4.69) is 15.4 Å². The number of carbonyl (C=O) groups is 3. The number of hydrogen-bond acceptors (Lipinski definition) is 4. The van der Waals surface area contributed by atoms with Gasteiger partial charge in [0.15, 0.2) is 0 Å². The van der Waals surface area contributed by atoms with E-state index in [0.717, 1.165) is 0 Å². The fourth-order valence-electron chi connectivity index (χ4n) is 1.91. The first-order valence-electron chi connectivity index (χ1n) is 7.01. The van der Waals surface area contributed by atoms with E-state index in [-0.39, 0.29) is 6.54 Å². The van der Waals surface area contributed by atoms with Gasteiger partial charge in [-0.2, -0.15) is 0 Å². The minimum absolute atomic E-state index is 0.190. The highest BCUT2D eigenvalue weighted by Gasteiger charge is 2.09. The zero-order chi connectivity index (χ0) is 17.5. The van der Waals surface area contributed by atoms with Gasteiger partial charge in [0.1, 0.15) is 0 Å². The summed E-state index contributed by atoms with van der Waals surface area (Å²) < 4.78 is 4.59. The molecule has 0 aliphatic rings. The third-order valence-electron chi connectivity index (χ3n) is 3.09. The average Bonchev–Trinajstić information content (AvgIpc) is 2.59. The van der Waals surface area contributed by atoms with Crippen molar-refractivity contribution in [2.75, 3.05) is 19.0 Å². The van der Waals surface area contributed by atoms with Crippen molar-refractivity contribution >= 4 is 35.1 Å². The highest BCUT2D eigenvalue weighted by Crippen LogP contribution is 2.11. The molecular weight excluding hydrogens is 332 g/mol. The average molecular weight is 347 g/mol. The first-order valence-corrected chi connectivity index (χ1v) is 7.39. The Labute approximate surface area is 143 Å². The van der Waals surface area contributed by atoms with Gasteiger partial charge in [0.25, 0.3) is 5.91 Å². The predicted octanol–water partition coefficient (Wildman–Crippen LogP) is 2.50. The summed E-state index contributed by atoms with van der Waals surface area (Å²) in [5, 5.41) is 5.56. The highest BCUT2D eigenvalue weighted by molar-refractivity contribution is 6.31. The van der Waals surface area contributed by atoms with E-state index in [1.807, 2.05) is 0 Å². The molecule has 0 fully saturated rings. The van der Waals surface area contributed by atoms with Crippen LogP contribution < -0.4 is 10.6 Å². The van der Waals surface area contributed by atoms with E-state index in [4.69, 9.17) is 11.6 Å². The second-order valence-electron chi connectivity index (χ2n) is 4.81. The summed E-state index contributed by atoms with van der Waals surface area (Å²) in [5.41, 5.74) is 1.26. The molecule has 2 aromatic rings. The van der Waals surface area contributed by atoms with Crippen LogP contribution in [0, 0.1) is 0 Å². The number of hydrogen-bond donors (Lipinski definition) is 2. The second kappa shape index (κ2) is 8.12. The number of nitrogens with one attached hydrogen (secondary N) is 2. The van der Waals surface area contributed by atoms with Crippen LogP contribution >= 0.6 is 11.6 Å². The van der Waals surface area contributed by atoms with Gasteiger partial charge < -0.3 is 15.4 Å². The maximum Gasteiger partial charge on any atom is 0.337 e. The van der Waals surface area contributed by atoms with Gasteiger partial charge in [-0.3, -0.25) is 9.59 Å². The van der Waals surface area contributed by atoms with Crippen LogP contribution in [0.5, 0.6) is 0 Å². The van der Waals surface area contributed by atoms with Crippen molar-refractivity contribution in [3.05, 3.63) is 64.7 Å². The number of esters is 1. The fourth-order valence-corrected chi connectivity index (χ4v) is 2.10. The van der Waals surface area contributed by atoms with Crippen LogP contribution in [0.1, 0.15) is 20.7 Å². The summed E-state index contributed by atoms with van der Waals surface area (Å²) >= 11 is 5.81. The summed E-state index contributed by atoms with van der Waals surface area (Å²) in [4.78, 5) is 35.1. The lowest BCUT2D eigenvalue weighted by molar-refractivity contribution is -0.115. The molecule has 0 radical (unpaired) electrons. The molecule has 0 saturated heterocycles. The Morgan fingerprint density at radius 3 is 2.38 bits per heavy atom. The van der Waals surface area contributed by atoms with Gasteiger partial charge in [-0.1, -0.05) is 17.7 Å². The van der Waals surface area contributed by atoms with E-state index in [9.17, 15) is 14.4 Å². The number of anilines is 1. The minimum Gasteiger partial charge on any atom is -0.465 e. The summed E-state index contributed by atoms with van der Waals surface area (Å²) in [6, 6.07) is 12.6. The Bertz CT molecular complexity index is 759. The van der Waals surface area contributed by atoms with Crippen molar-refractivity contribution in [3.63, 3.8) is 0 Å². The molecular formula is C17H15ClN2O4. The Kier molecular flexibility index (Phi) is 5.92. The van der Waals surface area contributed by atoms with Gasteiger partial charge in [-0.15, -0.1) is 0 Å². The number of amides is 2. The molecule has 2 aromatic carbocycles. The summed E-state index contributed by atoms with van der Waals surface area (Å²) in [5.74, 6) is -1.24. The van der Waals surface area contributed by atoms with E-state index in [1.165, 1.54) is 25.3 Å². The number of halogens is 1. The Hall–Kier alpha value is -2.86. The van der Waals surface area contributed by atoms with Crippen LogP contribution in [0.15, 0.2) is 48.5 Å². The zero-order valence-electron chi connectivity index (χ0n) is 12.8. The molecule has 0 aromatic heterocycles. The first-order chi connectivity index (χ1) is 11.5. The second-order valence-corrected chi connectivity index (χ2v) is 5.25. The predicted molar refractivity (Wildman–Crippen MR) is 90.2 cm³/mol. The van der Waals surface area contributed by atoms with E-state index in [0.29, 0.717) is 21.8 Å². The SMILES string of the molecule is COC(=O)c1ccc(NC(=O)CNC(=O)c2cccc(Cl)c2)cc1. The Morgan fingerprint density at radius 2 is 1.75 bits per heavy atom. The van der Waals surface area contributed by atoms with E-state index >= 15 is 0 Å². The highest BCUT2D eigenvalue weighted by atomic mass is 35.5. The Balaban J connectivity index is 1.87. The monoisotopic (exact) mass is 346 g/mol. The van der Waals surface area contributed by atoms with E-state index < -0.39 is 17.8 Å². The smallest absolute Gasteiger partial charge is 0.337 e. The molecule has 2 rings (SSSR count). The van der Waals surface area contributed by atoms with Crippen molar-refractivity contribution < 1.29 is 19.1 Å². The van der Waals surface area contributed by atoms with Crippen LogP contribution in [0.2, 0.25) is 5.02 Å². The molecule has 7 heteroatoms. The van der Waals surface area contributed by atoms with Gasteiger partial charge in [0.05, 0.1) is 19.2 Å². The van der Waals surface area contributed by atoms with Gasteiger partial charge in [0, 0.05) is 16.3 Å². The van der Waals surface area contributed by atoms with Crippen LogP contribution in [-0.4, -0.2) is 31.4 Å². The molecule has 0 spiro atoms. The quantitative estimate of drug-likeness (QED) is 0.815. The molecule has 124 valence electrons. The number of carbonyl (C=O) groups excluding carboxylic acids is 3. The topological polar surface area (TPSA) is 84.5 Å². The van der Waals surface area contributed by atoms with Gasteiger partial charge in [-0.05, 0) is 42.5 Å².